The number of amides is 7. The van der Waals surface area contributed by atoms with Gasteiger partial charge in [-0.3, -0.25) is 38.1 Å². The monoisotopic (exact) mass is 864 g/mol. The van der Waals surface area contributed by atoms with Gasteiger partial charge in [0.05, 0.1) is 6.61 Å². The van der Waals surface area contributed by atoms with Crippen molar-refractivity contribution in [2.24, 2.45) is 17.8 Å². The second-order valence-electron chi connectivity index (χ2n) is 15.9. The van der Waals surface area contributed by atoms with Gasteiger partial charge in [0.25, 0.3) is 0 Å². The van der Waals surface area contributed by atoms with Crippen LogP contribution < -0.4 is 37.2 Å². The highest BCUT2D eigenvalue weighted by atomic mass is 31.2. The summed E-state index contributed by atoms with van der Waals surface area (Å²) in [5.41, 5.74) is 1.27. The Balaban J connectivity index is 1.75. The van der Waals surface area contributed by atoms with Gasteiger partial charge in [-0.15, -0.1) is 0 Å². The predicted molar refractivity (Wildman–Crippen MR) is 215 cm³/mol. The van der Waals surface area contributed by atoms with Crippen LogP contribution in [0.5, 0.6) is 0 Å². The summed E-state index contributed by atoms with van der Waals surface area (Å²) < 4.78 is 16.2. The summed E-state index contributed by atoms with van der Waals surface area (Å²) >= 11 is 0. The van der Waals surface area contributed by atoms with Crippen LogP contribution >= 0.6 is 7.82 Å². The number of hydrogen-bond donors (Lipinski definition) is 11. The topological polar surface area (TPSA) is 324 Å². The van der Waals surface area contributed by atoms with Crippen molar-refractivity contribution in [2.75, 3.05) is 6.61 Å². The SMILES string of the molecule is CC(C)C[C@H](NC(=O)[C@H](NC(=O)[C@@H](C)NC(=O)[C@@H]1CCC(=O)N1)C(C)C)C(=O)N[C@@H](C(=O)N[C@H](COP(=O)(O)O)C(=O)N[C@H](Cc1c[nH]c2ccccc12)C(=O)O)C(C)C. The number of phosphoric ester groups is 1. The van der Waals surface area contributed by atoms with Crippen molar-refractivity contribution in [3.63, 3.8) is 0 Å². The molecule has 0 bridgehead atoms. The molecule has 1 fully saturated rings. The lowest BCUT2D eigenvalue weighted by Crippen LogP contribution is -2.61. The standard InChI is InChI=1S/C38H57N8O13P/c1-18(2)14-26(42-36(52)30(19(3)4)45-32(48)21(7)40-33(49)25-12-13-29(47)41-25)34(50)46-31(20(5)6)37(53)44-28(17-59-60(56,57)58)35(51)43-27(38(54)55)15-22-16-39-24-11-9-8-10-23(22)24/h8-11,16,18-21,25-28,30-31,39H,12-15,17H2,1-7H3,(H,40,49)(H,41,47)(H,42,52)(H,43,51)(H,44,53)(H,45,48)(H,46,50)(H,54,55)(H2,56,57,58)/t21-,25+,26+,27-,28-,30-,31-/m1/s1. The molecule has 1 aromatic carbocycles. The number of hydrogen-bond acceptors (Lipinski definition) is 10. The first kappa shape index (κ1) is 49.0. The molecule has 2 aromatic rings. The zero-order chi connectivity index (χ0) is 45.1. The number of aliphatic carboxylic acids is 1. The van der Waals surface area contributed by atoms with Gasteiger partial charge in [-0.05, 0) is 49.1 Å². The number of carbonyl (C=O) groups is 8. The number of H-pyrrole nitrogens is 1. The molecule has 0 aliphatic carbocycles. The Morgan fingerprint density at radius 2 is 1.32 bits per heavy atom. The number of fused-ring (bicyclic) bond motifs is 1. The molecule has 3 rings (SSSR count). The highest BCUT2D eigenvalue weighted by Crippen LogP contribution is 2.35. The molecule has 1 saturated heterocycles. The van der Waals surface area contributed by atoms with E-state index in [2.05, 4.69) is 46.7 Å². The summed E-state index contributed by atoms with van der Waals surface area (Å²) in [5, 5.41) is 28.1. The van der Waals surface area contributed by atoms with Crippen LogP contribution in [0.25, 0.3) is 10.9 Å². The Morgan fingerprint density at radius 3 is 1.85 bits per heavy atom. The maximum Gasteiger partial charge on any atom is 0.469 e. The molecule has 7 amide bonds. The molecule has 2 heterocycles. The highest BCUT2D eigenvalue weighted by Gasteiger charge is 2.36. The van der Waals surface area contributed by atoms with Gasteiger partial charge < -0.3 is 57.1 Å². The van der Waals surface area contributed by atoms with E-state index in [1.807, 2.05) is 0 Å². The fraction of sp³-hybridized carbons (Fsp3) is 0.579. The molecule has 1 aliphatic heterocycles. The zero-order valence-electron chi connectivity index (χ0n) is 34.6. The second kappa shape index (κ2) is 21.8. The number of para-hydroxylation sites is 1. The largest absolute Gasteiger partial charge is 0.480 e. The number of carboxylic acid groups (broad SMARTS) is 1. The van der Waals surface area contributed by atoms with Gasteiger partial charge in [-0.25, -0.2) is 9.36 Å². The lowest BCUT2D eigenvalue weighted by atomic mass is 9.98. The Labute approximate surface area is 346 Å². The van der Waals surface area contributed by atoms with Crippen LogP contribution in [0.4, 0.5) is 0 Å². The molecule has 0 radical (unpaired) electrons. The van der Waals surface area contributed by atoms with Gasteiger partial charge >= 0.3 is 13.8 Å². The van der Waals surface area contributed by atoms with E-state index < -0.39 is 110 Å². The molecule has 1 aromatic heterocycles. The number of aromatic nitrogens is 1. The summed E-state index contributed by atoms with van der Waals surface area (Å²) in [4.78, 5) is 126. The first-order valence-electron chi connectivity index (χ1n) is 19.6. The van der Waals surface area contributed by atoms with Crippen molar-refractivity contribution in [1.29, 1.82) is 0 Å². The van der Waals surface area contributed by atoms with Gasteiger partial charge in [-0.1, -0.05) is 59.7 Å². The van der Waals surface area contributed by atoms with E-state index in [1.165, 1.54) is 6.92 Å². The number of aromatic amines is 1. The first-order valence-corrected chi connectivity index (χ1v) is 21.1. The van der Waals surface area contributed by atoms with Crippen molar-refractivity contribution in [3.05, 3.63) is 36.0 Å². The molecule has 0 saturated carbocycles. The first-order chi connectivity index (χ1) is 28.0. The van der Waals surface area contributed by atoms with Crippen LogP contribution in [0.2, 0.25) is 0 Å². The number of phosphoric acid groups is 1. The van der Waals surface area contributed by atoms with Crippen LogP contribution in [0.1, 0.15) is 73.3 Å². The van der Waals surface area contributed by atoms with E-state index in [4.69, 9.17) is 0 Å². The van der Waals surface area contributed by atoms with Crippen LogP contribution in [0.3, 0.4) is 0 Å². The Morgan fingerprint density at radius 1 is 0.767 bits per heavy atom. The predicted octanol–water partition coefficient (Wildman–Crippen LogP) is -0.530. The minimum absolute atomic E-state index is 0.0799. The zero-order valence-corrected chi connectivity index (χ0v) is 35.5. The summed E-state index contributed by atoms with van der Waals surface area (Å²) in [7, 11) is -5.20. The van der Waals surface area contributed by atoms with E-state index in [1.54, 1.807) is 72.0 Å². The van der Waals surface area contributed by atoms with Gasteiger partial charge in [0.2, 0.25) is 41.4 Å². The summed E-state index contributed by atoms with van der Waals surface area (Å²) in [6, 6.07) is -2.03. The molecule has 0 unspecified atom stereocenters. The molecule has 60 heavy (non-hydrogen) atoms. The quantitative estimate of drug-likeness (QED) is 0.0665. The minimum Gasteiger partial charge on any atom is -0.480 e. The van der Waals surface area contributed by atoms with Crippen molar-refractivity contribution in [1.82, 2.24) is 42.2 Å². The van der Waals surface area contributed by atoms with E-state index in [0.29, 0.717) is 10.9 Å². The minimum atomic E-state index is -5.20. The molecule has 1 aliphatic rings. The van der Waals surface area contributed by atoms with Crippen LogP contribution in [0.15, 0.2) is 30.5 Å². The number of rotatable bonds is 22. The van der Waals surface area contributed by atoms with Gasteiger partial charge in [0, 0.05) is 29.9 Å². The van der Waals surface area contributed by atoms with Crippen molar-refractivity contribution < 1.29 is 62.3 Å². The Hall–Kier alpha value is -5.37. The number of carboxylic acids is 1. The summed E-state index contributed by atoms with van der Waals surface area (Å²) in [6.45, 7) is 10.3. The molecule has 0 spiro atoms. The number of carbonyl (C=O) groups excluding carboxylic acids is 7. The van der Waals surface area contributed by atoms with E-state index in [-0.39, 0.29) is 37.5 Å². The average Bonchev–Trinajstić information content (AvgIpc) is 3.78. The van der Waals surface area contributed by atoms with Crippen LogP contribution in [-0.4, -0.2) is 116 Å². The fourth-order valence-electron chi connectivity index (χ4n) is 6.37. The Kier molecular flexibility index (Phi) is 17.8. The molecule has 11 N–H and O–H groups in total. The normalized spacial score (nSPS) is 17.2. The maximum absolute atomic E-state index is 13.8. The third-order valence-corrected chi connectivity index (χ3v) is 10.1. The number of benzene rings is 1. The van der Waals surface area contributed by atoms with Crippen LogP contribution in [0, 0.1) is 17.8 Å². The smallest absolute Gasteiger partial charge is 0.469 e. The van der Waals surface area contributed by atoms with Gasteiger partial charge in [0.15, 0.2) is 0 Å². The van der Waals surface area contributed by atoms with Crippen LogP contribution in [-0.2, 0) is 53.9 Å². The molecular formula is C38H57N8O13P. The van der Waals surface area contributed by atoms with E-state index in [0.717, 1.165) is 5.52 Å². The van der Waals surface area contributed by atoms with Gasteiger partial charge in [-0.2, -0.15) is 0 Å². The van der Waals surface area contributed by atoms with E-state index in [9.17, 15) is 57.8 Å². The van der Waals surface area contributed by atoms with Gasteiger partial charge in [0.1, 0.15) is 42.3 Å². The third-order valence-electron chi connectivity index (χ3n) is 9.65. The average molecular weight is 865 g/mol. The lowest BCUT2D eigenvalue weighted by Gasteiger charge is -2.30. The molecule has 21 nitrogen and oxygen atoms in total. The third kappa shape index (κ3) is 14.7. The summed E-state index contributed by atoms with van der Waals surface area (Å²) in [6.07, 6.45) is 1.91. The molecule has 22 heteroatoms. The van der Waals surface area contributed by atoms with E-state index >= 15 is 0 Å². The molecular weight excluding hydrogens is 807 g/mol. The van der Waals surface area contributed by atoms with Crippen molar-refractivity contribution in [2.45, 2.75) is 116 Å². The number of nitrogens with one attached hydrogen (secondary N) is 8. The maximum atomic E-state index is 13.8. The summed E-state index contributed by atoms with van der Waals surface area (Å²) in [5.74, 6) is -7.99. The van der Waals surface area contributed by atoms with Crippen molar-refractivity contribution in [3.8, 4) is 0 Å². The Bertz CT molecular complexity index is 1950. The second-order valence-corrected chi connectivity index (χ2v) is 17.1. The van der Waals surface area contributed by atoms with Crippen molar-refractivity contribution >= 4 is 66.0 Å². The lowest BCUT2D eigenvalue weighted by molar-refractivity contribution is -0.142. The molecule has 7 atom stereocenters. The fourth-order valence-corrected chi connectivity index (χ4v) is 6.71. The molecule has 332 valence electrons. The highest BCUT2D eigenvalue weighted by molar-refractivity contribution is 7.46.